The summed E-state index contributed by atoms with van der Waals surface area (Å²) in [6, 6.07) is 3.25. The van der Waals surface area contributed by atoms with Crippen LogP contribution in [0.3, 0.4) is 0 Å². The molecule has 3 rings (SSSR count). The lowest BCUT2D eigenvalue weighted by Gasteiger charge is -2.17. The van der Waals surface area contributed by atoms with Crippen LogP contribution < -0.4 is 14.8 Å². The SMILES string of the molecule is CC1(C)Cc2cc([N+](=O)[O-])c(O[C@@H]3CCNC3)cc2O1. The molecule has 0 amide bonds. The van der Waals surface area contributed by atoms with Gasteiger partial charge in [-0.2, -0.15) is 0 Å². The molecule has 0 spiro atoms. The van der Waals surface area contributed by atoms with Crippen molar-refractivity contribution in [3.63, 3.8) is 0 Å². The molecular weight excluding hydrogens is 260 g/mol. The van der Waals surface area contributed by atoms with E-state index in [0.29, 0.717) is 17.9 Å². The van der Waals surface area contributed by atoms with E-state index in [1.54, 1.807) is 12.1 Å². The van der Waals surface area contributed by atoms with Crippen LogP contribution in [0.15, 0.2) is 12.1 Å². The summed E-state index contributed by atoms with van der Waals surface area (Å²) in [5, 5.41) is 14.4. The minimum atomic E-state index is -0.386. The van der Waals surface area contributed by atoms with E-state index in [9.17, 15) is 10.1 Å². The molecule has 1 saturated heterocycles. The Morgan fingerprint density at radius 3 is 2.95 bits per heavy atom. The summed E-state index contributed by atoms with van der Waals surface area (Å²) in [4.78, 5) is 10.8. The van der Waals surface area contributed by atoms with E-state index >= 15 is 0 Å². The van der Waals surface area contributed by atoms with Crippen molar-refractivity contribution in [3.8, 4) is 11.5 Å². The van der Waals surface area contributed by atoms with Crippen LogP contribution in [-0.2, 0) is 6.42 Å². The van der Waals surface area contributed by atoms with Gasteiger partial charge in [0.25, 0.3) is 0 Å². The van der Waals surface area contributed by atoms with Crippen LogP contribution >= 0.6 is 0 Å². The second kappa shape index (κ2) is 4.63. The number of benzene rings is 1. The second-order valence-electron chi connectivity index (χ2n) is 5.96. The highest BCUT2D eigenvalue weighted by Gasteiger charge is 2.34. The Labute approximate surface area is 117 Å². The zero-order valence-electron chi connectivity index (χ0n) is 11.6. The van der Waals surface area contributed by atoms with Crippen LogP contribution in [0, 0.1) is 10.1 Å². The van der Waals surface area contributed by atoms with Gasteiger partial charge in [-0.1, -0.05) is 0 Å². The summed E-state index contributed by atoms with van der Waals surface area (Å²) in [6.07, 6.45) is 1.52. The molecule has 20 heavy (non-hydrogen) atoms. The lowest BCUT2D eigenvalue weighted by molar-refractivity contribution is -0.386. The molecule has 2 aliphatic heterocycles. The first-order valence-corrected chi connectivity index (χ1v) is 6.82. The molecule has 0 radical (unpaired) electrons. The van der Waals surface area contributed by atoms with Crippen LogP contribution in [-0.4, -0.2) is 29.7 Å². The van der Waals surface area contributed by atoms with E-state index in [4.69, 9.17) is 9.47 Å². The van der Waals surface area contributed by atoms with E-state index < -0.39 is 0 Å². The van der Waals surface area contributed by atoms with Gasteiger partial charge >= 0.3 is 5.69 Å². The average Bonchev–Trinajstić information content (AvgIpc) is 2.93. The lowest BCUT2D eigenvalue weighted by atomic mass is 10.0. The van der Waals surface area contributed by atoms with Gasteiger partial charge in [0.05, 0.1) is 4.92 Å². The molecule has 0 bridgehead atoms. The number of hydrogen-bond acceptors (Lipinski definition) is 5. The largest absolute Gasteiger partial charge is 0.487 e. The molecule has 0 aliphatic carbocycles. The molecule has 6 nitrogen and oxygen atoms in total. The fourth-order valence-electron chi connectivity index (χ4n) is 2.76. The van der Waals surface area contributed by atoms with Crippen molar-refractivity contribution >= 4 is 5.69 Å². The first kappa shape index (κ1) is 13.2. The van der Waals surface area contributed by atoms with Crippen LogP contribution in [0.5, 0.6) is 11.5 Å². The van der Waals surface area contributed by atoms with Gasteiger partial charge in [0.1, 0.15) is 17.5 Å². The van der Waals surface area contributed by atoms with Gasteiger partial charge < -0.3 is 14.8 Å². The van der Waals surface area contributed by atoms with Crippen LogP contribution in [0.2, 0.25) is 0 Å². The Morgan fingerprint density at radius 1 is 1.50 bits per heavy atom. The number of nitrogens with zero attached hydrogens (tertiary/aromatic N) is 1. The molecule has 6 heteroatoms. The predicted molar refractivity (Wildman–Crippen MR) is 73.4 cm³/mol. The highest BCUT2D eigenvalue weighted by atomic mass is 16.6. The van der Waals surface area contributed by atoms with Crippen LogP contribution in [0.25, 0.3) is 0 Å². The summed E-state index contributed by atoms with van der Waals surface area (Å²) in [5.74, 6) is 1.00. The first-order valence-electron chi connectivity index (χ1n) is 6.82. The predicted octanol–water partition coefficient (Wildman–Crippen LogP) is 2.05. The highest BCUT2D eigenvalue weighted by Crippen LogP contribution is 2.42. The number of ether oxygens (including phenoxy) is 2. The van der Waals surface area contributed by atoms with Crippen molar-refractivity contribution in [3.05, 3.63) is 27.8 Å². The summed E-state index contributed by atoms with van der Waals surface area (Å²) >= 11 is 0. The molecule has 1 fully saturated rings. The molecule has 108 valence electrons. The summed E-state index contributed by atoms with van der Waals surface area (Å²) in [6.45, 7) is 5.55. The van der Waals surface area contributed by atoms with Gasteiger partial charge in [-0.25, -0.2) is 0 Å². The Hall–Kier alpha value is -1.82. The topological polar surface area (TPSA) is 73.6 Å². The molecule has 1 atom stereocenters. The minimum Gasteiger partial charge on any atom is -0.487 e. The maximum Gasteiger partial charge on any atom is 0.311 e. The van der Waals surface area contributed by atoms with Crippen LogP contribution in [0.1, 0.15) is 25.8 Å². The standard InChI is InChI=1S/C14H18N2O4/c1-14(2)7-9-5-11(16(17)18)13(6-12(9)20-14)19-10-3-4-15-8-10/h5-6,10,15H,3-4,7-8H2,1-2H3/t10-/m1/s1. The van der Waals surface area contributed by atoms with Crippen molar-refractivity contribution in [2.24, 2.45) is 0 Å². The maximum absolute atomic E-state index is 11.2. The Bertz CT molecular complexity index is 550. The van der Waals surface area contributed by atoms with Crippen molar-refractivity contribution < 1.29 is 14.4 Å². The van der Waals surface area contributed by atoms with Crippen molar-refractivity contribution in [2.75, 3.05) is 13.1 Å². The Balaban J connectivity index is 1.94. The Morgan fingerprint density at radius 2 is 2.30 bits per heavy atom. The quantitative estimate of drug-likeness (QED) is 0.676. The Kier molecular flexibility index (Phi) is 3.05. The van der Waals surface area contributed by atoms with Gasteiger partial charge in [0.15, 0.2) is 0 Å². The van der Waals surface area contributed by atoms with E-state index in [2.05, 4.69) is 5.32 Å². The van der Waals surface area contributed by atoms with Crippen molar-refractivity contribution in [1.29, 1.82) is 0 Å². The lowest BCUT2D eigenvalue weighted by Crippen LogP contribution is -2.24. The number of nitro benzene ring substituents is 1. The van der Waals surface area contributed by atoms with Gasteiger partial charge in [-0.05, 0) is 26.8 Å². The fraction of sp³-hybridized carbons (Fsp3) is 0.571. The summed E-state index contributed by atoms with van der Waals surface area (Å²) in [5.41, 5.74) is 0.583. The van der Waals surface area contributed by atoms with E-state index in [1.807, 2.05) is 13.8 Å². The maximum atomic E-state index is 11.2. The zero-order chi connectivity index (χ0) is 14.3. The number of fused-ring (bicyclic) bond motifs is 1. The first-order chi connectivity index (χ1) is 9.44. The molecule has 0 aromatic heterocycles. The molecule has 1 N–H and O–H groups in total. The number of nitrogens with one attached hydrogen (secondary N) is 1. The molecule has 2 aliphatic rings. The molecule has 2 heterocycles. The third kappa shape index (κ3) is 2.43. The average molecular weight is 278 g/mol. The summed E-state index contributed by atoms with van der Waals surface area (Å²) in [7, 11) is 0. The third-order valence-electron chi connectivity index (χ3n) is 3.65. The zero-order valence-corrected chi connectivity index (χ0v) is 11.6. The van der Waals surface area contributed by atoms with Crippen LogP contribution in [0.4, 0.5) is 5.69 Å². The van der Waals surface area contributed by atoms with Gasteiger partial charge in [-0.15, -0.1) is 0 Å². The van der Waals surface area contributed by atoms with Crippen molar-refractivity contribution in [2.45, 2.75) is 38.4 Å². The normalized spacial score (nSPS) is 23.2. The third-order valence-corrected chi connectivity index (χ3v) is 3.65. The smallest absolute Gasteiger partial charge is 0.311 e. The van der Waals surface area contributed by atoms with E-state index in [-0.39, 0.29) is 22.3 Å². The molecule has 1 aromatic rings. The molecular formula is C14H18N2O4. The number of rotatable bonds is 3. The van der Waals surface area contributed by atoms with Crippen molar-refractivity contribution in [1.82, 2.24) is 5.32 Å². The minimum absolute atomic E-state index is 0.0128. The van der Waals surface area contributed by atoms with E-state index in [0.717, 1.165) is 25.1 Å². The van der Waals surface area contributed by atoms with Gasteiger partial charge in [-0.3, -0.25) is 10.1 Å². The number of nitro groups is 1. The molecule has 1 aromatic carbocycles. The van der Waals surface area contributed by atoms with E-state index in [1.165, 1.54) is 0 Å². The molecule has 0 saturated carbocycles. The molecule has 0 unspecified atom stereocenters. The second-order valence-corrected chi connectivity index (χ2v) is 5.96. The number of hydrogen-bond donors (Lipinski definition) is 1. The summed E-state index contributed by atoms with van der Waals surface area (Å²) < 4.78 is 11.6. The highest BCUT2D eigenvalue weighted by molar-refractivity contribution is 5.57. The fourth-order valence-corrected chi connectivity index (χ4v) is 2.76. The monoisotopic (exact) mass is 278 g/mol. The van der Waals surface area contributed by atoms with Gasteiger partial charge in [0.2, 0.25) is 5.75 Å². The van der Waals surface area contributed by atoms with Gasteiger partial charge in [0, 0.05) is 30.7 Å².